The lowest BCUT2D eigenvalue weighted by atomic mass is 9.91. The van der Waals surface area contributed by atoms with Crippen molar-refractivity contribution in [2.75, 3.05) is 13.7 Å². The van der Waals surface area contributed by atoms with Crippen LogP contribution in [0.25, 0.3) is 0 Å². The van der Waals surface area contributed by atoms with Gasteiger partial charge in [0.25, 0.3) is 0 Å². The maximum absolute atomic E-state index is 11.2. The lowest BCUT2D eigenvalue weighted by Crippen LogP contribution is -2.21. The first-order valence-corrected chi connectivity index (χ1v) is 11.6. The molecule has 9 heteroatoms. The molecule has 3 atom stereocenters. The maximum atomic E-state index is 11.2. The average Bonchev–Trinajstić information content (AvgIpc) is 3.37. The Kier molecular flexibility index (Phi) is 8.01. The molecule has 2 aromatic heterocycles. The molecule has 1 aliphatic carbocycles. The number of aryl methyl sites for hydroxylation is 1. The molecule has 29 heavy (non-hydrogen) atoms. The van der Waals surface area contributed by atoms with Crippen molar-refractivity contribution in [1.82, 2.24) is 0 Å². The summed E-state index contributed by atoms with van der Waals surface area (Å²) in [5.41, 5.74) is 0.769. The van der Waals surface area contributed by atoms with Crippen molar-refractivity contribution in [1.29, 1.82) is 0 Å². The number of aliphatic hydroxyl groups excluding tert-OH is 1. The Morgan fingerprint density at radius 1 is 1.24 bits per heavy atom. The number of aromatic carboxylic acids is 1. The number of aliphatic hydroxyl groups is 1. The number of ether oxygens (including phenoxy) is 2. The van der Waals surface area contributed by atoms with Gasteiger partial charge in [0, 0.05) is 21.2 Å². The summed E-state index contributed by atoms with van der Waals surface area (Å²) in [4.78, 5) is 13.4. The summed E-state index contributed by atoms with van der Waals surface area (Å²) < 4.78 is 11.6. The number of hydrogen-bond donors (Lipinski definition) is 2. The van der Waals surface area contributed by atoms with Gasteiger partial charge in [-0.1, -0.05) is 23.8 Å². The highest BCUT2D eigenvalue weighted by Gasteiger charge is 2.30. The zero-order valence-corrected chi connectivity index (χ0v) is 18.9. The molecule has 0 bridgehead atoms. The second-order valence-corrected chi connectivity index (χ2v) is 10.2. The van der Waals surface area contributed by atoms with Crippen LogP contribution >= 0.6 is 45.9 Å². The molecule has 5 nitrogen and oxygen atoms in total. The first-order chi connectivity index (χ1) is 13.9. The highest BCUT2D eigenvalue weighted by molar-refractivity contribution is 7.16. The topological polar surface area (TPSA) is 76.0 Å². The second kappa shape index (κ2) is 10.3. The number of alkyl halides is 1. The Hall–Kier alpha value is -1.09. The fourth-order valence-corrected chi connectivity index (χ4v) is 6.03. The molecular formula is C20H22Cl2O5S2. The lowest BCUT2D eigenvalue weighted by molar-refractivity contribution is 0.0699. The third-order valence-electron chi connectivity index (χ3n) is 4.92. The van der Waals surface area contributed by atoms with Crippen molar-refractivity contribution in [3.05, 3.63) is 48.8 Å². The molecule has 2 heterocycles. The second-order valence-electron chi connectivity index (χ2n) is 6.80. The number of rotatable bonds is 10. The van der Waals surface area contributed by atoms with E-state index in [-0.39, 0.29) is 28.7 Å². The predicted octanol–water partition coefficient (Wildman–Crippen LogP) is 5.22. The largest absolute Gasteiger partial charge is 0.495 e. The van der Waals surface area contributed by atoms with Crippen LogP contribution in [0, 0.1) is 11.8 Å². The maximum Gasteiger partial charge on any atom is 0.349 e. The quantitative estimate of drug-likeness (QED) is 0.363. The van der Waals surface area contributed by atoms with E-state index in [9.17, 15) is 15.0 Å². The minimum Gasteiger partial charge on any atom is -0.495 e. The smallest absolute Gasteiger partial charge is 0.349 e. The normalized spacial score (nSPS) is 21.0. The van der Waals surface area contributed by atoms with Crippen molar-refractivity contribution in [2.24, 2.45) is 11.8 Å². The molecule has 2 N–H and O–H groups in total. The molecular weight excluding hydrogens is 455 g/mol. The molecule has 0 radical (unpaired) electrons. The fraction of sp³-hybridized carbons (Fsp3) is 0.450. The summed E-state index contributed by atoms with van der Waals surface area (Å²) in [5.74, 6) is -0.189. The van der Waals surface area contributed by atoms with Gasteiger partial charge in [0.2, 0.25) is 0 Å². The molecule has 3 rings (SSSR count). The molecule has 0 fully saturated rings. The van der Waals surface area contributed by atoms with Crippen LogP contribution in [0.1, 0.15) is 31.4 Å². The number of carboxylic acids is 1. The van der Waals surface area contributed by atoms with Gasteiger partial charge in [-0.25, -0.2) is 4.79 Å². The fourth-order valence-electron chi connectivity index (χ4n) is 3.41. The number of carbonyl (C=O) groups is 1. The van der Waals surface area contributed by atoms with Crippen LogP contribution in [0.5, 0.6) is 5.75 Å². The molecule has 2 aromatic rings. The Morgan fingerprint density at radius 2 is 2.03 bits per heavy atom. The van der Waals surface area contributed by atoms with Crippen LogP contribution in [0.15, 0.2) is 24.3 Å². The minimum absolute atomic E-state index is 0.0446. The van der Waals surface area contributed by atoms with E-state index in [1.165, 1.54) is 18.4 Å². The molecule has 158 valence electrons. The zero-order chi connectivity index (χ0) is 21.0. The van der Waals surface area contributed by atoms with Crippen molar-refractivity contribution >= 4 is 51.8 Å². The van der Waals surface area contributed by atoms with E-state index < -0.39 is 5.97 Å². The summed E-state index contributed by atoms with van der Waals surface area (Å²) in [6, 6.07) is 3.66. The van der Waals surface area contributed by atoms with Crippen molar-refractivity contribution in [3.8, 4) is 5.75 Å². The predicted molar refractivity (Wildman–Crippen MR) is 117 cm³/mol. The van der Waals surface area contributed by atoms with Gasteiger partial charge in [-0.05, 0) is 30.9 Å². The number of hydrogen-bond acceptors (Lipinski definition) is 6. The van der Waals surface area contributed by atoms with E-state index >= 15 is 0 Å². The third-order valence-corrected chi connectivity index (χ3v) is 7.97. The van der Waals surface area contributed by atoms with Gasteiger partial charge >= 0.3 is 5.97 Å². The van der Waals surface area contributed by atoms with Crippen LogP contribution in [0.4, 0.5) is 0 Å². The summed E-state index contributed by atoms with van der Waals surface area (Å²) in [7, 11) is 1.46. The molecule has 0 aliphatic heterocycles. The van der Waals surface area contributed by atoms with Gasteiger partial charge in [0.05, 0.1) is 36.6 Å². The third kappa shape index (κ3) is 5.54. The van der Waals surface area contributed by atoms with Crippen LogP contribution in [-0.4, -0.2) is 35.3 Å². The van der Waals surface area contributed by atoms with Gasteiger partial charge in [-0.15, -0.1) is 34.3 Å². The Bertz CT molecular complexity index is 876. The molecule has 0 amide bonds. The van der Waals surface area contributed by atoms with E-state index in [1.807, 2.05) is 12.1 Å². The highest BCUT2D eigenvalue weighted by atomic mass is 35.5. The van der Waals surface area contributed by atoms with E-state index in [1.54, 1.807) is 6.07 Å². The zero-order valence-electron chi connectivity index (χ0n) is 15.8. The van der Waals surface area contributed by atoms with Crippen molar-refractivity contribution in [3.63, 3.8) is 0 Å². The molecule has 1 aliphatic rings. The first-order valence-electron chi connectivity index (χ1n) is 9.11. The van der Waals surface area contributed by atoms with Gasteiger partial charge in [-0.3, -0.25) is 0 Å². The Labute approximate surface area is 187 Å². The number of methoxy groups -OCH3 is 1. The van der Waals surface area contributed by atoms with Crippen LogP contribution < -0.4 is 4.74 Å². The van der Waals surface area contributed by atoms with Crippen LogP contribution in [-0.2, 0) is 24.4 Å². The standard InChI is InChI=1S/C20H22Cl2O5S2/c1-26-17-7-14(28-18(17)20(24)25)10-27-9-11-2-5-16(21)15(11)4-3-13-6-12(8-23)19(22)29-13/h2,5-7,11,15-16,23H,3-4,8-10H2,1H3,(H,24,25)/t11-,15-,16?/m1/s1. The SMILES string of the molecule is COc1cc(COC[C@H]2C=CC(Cl)[C@@H]2CCc2cc(CO)c(Cl)s2)sc1C(=O)O. The molecule has 0 aromatic carbocycles. The van der Waals surface area contributed by atoms with Gasteiger partial charge in [0.15, 0.2) is 4.88 Å². The van der Waals surface area contributed by atoms with E-state index in [0.29, 0.717) is 23.3 Å². The minimum atomic E-state index is -1.00. The van der Waals surface area contributed by atoms with E-state index in [4.69, 9.17) is 32.7 Å². The van der Waals surface area contributed by atoms with Gasteiger partial charge in [-0.2, -0.15) is 0 Å². The summed E-state index contributed by atoms with van der Waals surface area (Å²) in [6.07, 6.45) is 5.85. The molecule has 0 spiro atoms. The average molecular weight is 477 g/mol. The summed E-state index contributed by atoms with van der Waals surface area (Å²) in [6.45, 7) is 0.796. The molecule has 0 saturated carbocycles. The van der Waals surface area contributed by atoms with Crippen molar-refractivity contribution < 1.29 is 24.5 Å². The van der Waals surface area contributed by atoms with Gasteiger partial charge < -0.3 is 19.7 Å². The van der Waals surface area contributed by atoms with E-state index in [0.717, 1.165) is 39.5 Å². The number of halogens is 2. The lowest BCUT2D eigenvalue weighted by Gasteiger charge is -2.21. The number of allylic oxidation sites excluding steroid dienone is 1. The number of thiophene rings is 2. The van der Waals surface area contributed by atoms with Crippen molar-refractivity contribution in [2.45, 2.75) is 31.4 Å². The summed E-state index contributed by atoms with van der Waals surface area (Å²) >= 11 is 15.3. The number of carboxylic acid groups (broad SMARTS) is 1. The molecule has 0 saturated heterocycles. The first kappa shape index (κ1) is 22.6. The van der Waals surface area contributed by atoms with Crippen LogP contribution in [0.3, 0.4) is 0 Å². The Morgan fingerprint density at radius 3 is 2.66 bits per heavy atom. The van der Waals surface area contributed by atoms with E-state index in [2.05, 4.69) is 6.08 Å². The molecule has 1 unspecified atom stereocenters. The summed E-state index contributed by atoms with van der Waals surface area (Å²) in [5, 5.41) is 18.4. The Balaban J connectivity index is 1.53. The highest BCUT2D eigenvalue weighted by Crippen LogP contribution is 2.36. The van der Waals surface area contributed by atoms with Gasteiger partial charge in [0.1, 0.15) is 5.75 Å². The monoisotopic (exact) mass is 476 g/mol. The van der Waals surface area contributed by atoms with Crippen LogP contribution in [0.2, 0.25) is 4.34 Å².